The van der Waals surface area contributed by atoms with E-state index in [2.05, 4.69) is 47.6 Å². The second-order valence-corrected chi connectivity index (χ2v) is 7.37. The third-order valence-electron chi connectivity index (χ3n) is 4.44. The van der Waals surface area contributed by atoms with E-state index in [1.807, 2.05) is 23.1 Å². The van der Waals surface area contributed by atoms with Crippen molar-refractivity contribution in [3.05, 3.63) is 47.0 Å². The predicted molar refractivity (Wildman–Crippen MR) is 103 cm³/mol. The highest BCUT2D eigenvalue weighted by Gasteiger charge is 2.20. The molecule has 0 saturated heterocycles. The molecule has 2 heterocycles. The van der Waals surface area contributed by atoms with E-state index in [0.717, 1.165) is 24.3 Å². The van der Waals surface area contributed by atoms with E-state index in [-0.39, 0.29) is 6.03 Å². The molecule has 5 nitrogen and oxygen atoms in total. The van der Waals surface area contributed by atoms with Gasteiger partial charge in [0.2, 0.25) is 5.13 Å². The minimum Gasteiger partial charge on any atom is -0.320 e. The number of nitrogens with zero attached hydrogens (tertiary/aromatic N) is 3. The molecule has 0 bridgehead atoms. The van der Waals surface area contributed by atoms with E-state index in [4.69, 9.17) is 0 Å². The van der Waals surface area contributed by atoms with Gasteiger partial charge in [0, 0.05) is 19.0 Å². The average molecular weight is 356 g/mol. The summed E-state index contributed by atoms with van der Waals surface area (Å²) in [7, 11) is 0. The molecule has 0 radical (unpaired) electrons. The van der Waals surface area contributed by atoms with Crippen molar-refractivity contribution >= 4 is 28.1 Å². The number of carbonyl (C=O) groups excluding carboxylic acids is 1. The van der Waals surface area contributed by atoms with Gasteiger partial charge in [-0.2, -0.15) is 0 Å². The van der Waals surface area contributed by atoms with Gasteiger partial charge in [0.1, 0.15) is 5.01 Å². The standard InChI is InChI=1S/C19H24N4OS/c1-3-7-14(2)17-21-22-18(25-17)20-19(24)23-12-10-16(11-13-23)15-8-5-4-6-9-15/h4-6,8-10,14H,3,7,11-13H2,1-2H3,(H,20,22,24). The zero-order valence-corrected chi connectivity index (χ0v) is 15.6. The molecular weight excluding hydrogens is 332 g/mol. The third-order valence-corrected chi connectivity index (χ3v) is 5.51. The molecule has 3 rings (SSSR count). The molecule has 0 aliphatic carbocycles. The normalized spacial score (nSPS) is 15.6. The molecule has 132 valence electrons. The first-order valence-corrected chi connectivity index (χ1v) is 9.62. The molecule has 1 unspecified atom stereocenters. The molecule has 1 aliphatic rings. The second kappa shape index (κ2) is 8.25. The van der Waals surface area contributed by atoms with Crippen molar-refractivity contribution in [2.24, 2.45) is 0 Å². The maximum absolute atomic E-state index is 12.4. The Morgan fingerprint density at radius 1 is 1.32 bits per heavy atom. The van der Waals surface area contributed by atoms with Crippen molar-refractivity contribution in [3.8, 4) is 0 Å². The zero-order valence-electron chi connectivity index (χ0n) is 14.7. The summed E-state index contributed by atoms with van der Waals surface area (Å²) in [5.74, 6) is 0.388. The predicted octanol–water partition coefficient (Wildman–Crippen LogP) is 4.76. The fourth-order valence-corrected chi connectivity index (χ4v) is 3.80. The first-order valence-electron chi connectivity index (χ1n) is 8.81. The largest absolute Gasteiger partial charge is 0.323 e. The summed E-state index contributed by atoms with van der Waals surface area (Å²) in [6, 6.07) is 10.2. The van der Waals surface area contributed by atoms with Gasteiger partial charge in [0.05, 0.1) is 0 Å². The van der Waals surface area contributed by atoms with Crippen molar-refractivity contribution in [2.45, 2.75) is 39.0 Å². The number of nitrogens with one attached hydrogen (secondary N) is 1. The topological polar surface area (TPSA) is 58.1 Å². The number of rotatable bonds is 5. The lowest BCUT2D eigenvalue weighted by Gasteiger charge is -2.26. The van der Waals surface area contributed by atoms with Gasteiger partial charge in [-0.3, -0.25) is 5.32 Å². The van der Waals surface area contributed by atoms with Gasteiger partial charge in [-0.15, -0.1) is 10.2 Å². The van der Waals surface area contributed by atoms with Crippen molar-refractivity contribution in [3.63, 3.8) is 0 Å². The smallest absolute Gasteiger partial charge is 0.320 e. The van der Waals surface area contributed by atoms with Crippen LogP contribution in [0.1, 0.15) is 49.6 Å². The molecule has 1 aromatic carbocycles. The number of aromatic nitrogens is 2. The lowest BCUT2D eigenvalue weighted by molar-refractivity contribution is 0.217. The van der Waals surface area contributed by atoms with Gasteiger partial charge < -0.3 is 4.90 Å². The minimum atomic E-state index is -0.103. The summed E-state index contributed by atoms with van der Waals surface area (Å²) < 4.78 is 0. The van der Waals surface area contributed by atoms with Gasteiger partial charge >= 0.3 is 6.03 Å². The summed E-state index contributed by atoms with van der Waals surface area (Å²) in [6.45, 7) is 5.64. The number of anilines is 1. The van der Waals surface area contributed by atoms with Crippen molar-refractivity contribution < 1.29 is 4.79 Å². The van der Waals surface area contributed by atoms with Gasteiger partial charge in [-0.25, -0.2) is 4.79 Å². The average Bonchev–Trinajstić information content (AvgIpc) is 3.11. The molecule has 2 amide bonds. The molecule has 25 heavy (non-hydrogen) atoms. The monoisotopic (exact) mass is 356 g/mol. The molecule has 0 saturated carbocycles. The molecule has 2 aromatic rings. The molecular formula is C19H24N4OS. The third kappa shape index (κ3) is 4.45. The lowest BCUT2D eigenvalue weighted by atomic mass is 10.00. The van der Waals surface area contributed by atoms with Crippen LogP contribution in [0, 0.1) is 0 Å². The highest BCUT2D eigenvalue weighted by molar-refractivity contribution is 7.15. The van der Waals surface area contributed by atoms with Crippen LogP contribution in [0.2, 0.25) is 0 Å². The number of urea groups is 1. The van der Waals surface area contributed by atoms with Gasteiger partial charge in [-0.05, 0) is 24.0 Å². The number of amides is 2. The van der Waals surface area contributed by atoms with E-state index in [0.29, 0.717) is 24.1 Å². The first kappa shape index (κ1) is 17.6. The molecule has 1 atom stereocenters. The van der Waals surface area contributed by atoms with Crippen LogP contribution in [-0.4, -0.2) is 34.2 Å². The highest BCUT2D eigenvalue weighted by atomic mass is 32.1. The summed E-state index contributed by atoms with van der Waals surface area (Å²) in [5.41, 5.74) is 2.54. The Morgan fingerprint density at radius 2 is 2.12 bits per heavy atom. The van der Waals surface area contributed by atoms with Crippen molar-refractivity contribution in [2.75, 3.05) is 18.4 Å². The van der Waals surface area contributed by atoms with E-state index in [1.54, 1.807) is 0 Å². The van der Waals surface area contributed by atoms with Crippen LogP contribution >= 0.6 is 11.3 Å². The second-order valence-electron chi connectivity index (χ2n) is 6.36. The zero-order chi connectivity index (χ0) is 17.6. The molecule has 1 N–H and O–H groups in total. The number of carbonyl (C=O) groups is 1. The summed E-state index contributed by atoms with van der Waals surface area (Å²) >= 11 is 1.47. The van der Waals surface area contributed by atoms with Gasteiger partial charge in [0.15, 0.2) is 0 Å². The van der Waals surface area contributed by atoms with Crippen molar-refractivity contribution in [1.29, 1.82) is 0 Å². The van der Waals surface area contributed by atoms with Gasteiger partial charge in [0.25, 0.3) is 0 Å². The Labute approximate surface area is 152 Å². The SMILES string of the molecule is CCCC(C)c1nnc(NC(=O)N2CC=C(c3ccccc3)CC2)s1. The lowest BCUT2D eigenvalue weighted by Crippen LogP contribution is -2.37. The molecule has 1 aliphatic heterocycles. The molecule has 0 spiro atoms. The Kier molecular flexibility index (Phi) is 5.81. The highest BCUT2D eigenvalue weighted by Crippen LogP contribution is 2.27. The Hall–Kier alpha value is -2.21. The van der Waals surface area contributed by atoms with Crippen LogP contribution in [0.4, 0.5) is 9.93 Å². The van der Waals surface area contributed by atoms with Crippen LogP contribution in [0.15, 0.2) is 36.4 Å². The van der Waals surface area contributed by atoms with E-state index in [9.17, 15) is 4.79 Å². The number of hydrogen-bond donors (Lipinski definition) is 1. The summed E-state index contributed by atoms with van der Waals surface area (Å²) in [5, 5.41) is 12.8. The van der Waals surface area contributed by atoms with Crippen molar-refractivity contribution in [1.82, 2.24) is 15.1 Å². The molecule has 6 heteroatoms. The maximum Gasteiger partial charge on any atom is 0.323 e. The van der Waals surface area contributed by atoms with Crippen LogP contribution in [0.3, 0.4) is 0 Å². The van der Waals surface area contributed by atoms with Crippen LogP contribution in [0.25, 0.3) is 5.57 Å². The fourth-order valence-electron chi connectivity index (χ4n) is 2.98. The Balaban J connectivity index is 1.57. The maximum atomic E-state index is 12.4. The molecule has 0 fully saturated rings. The number of benzene rings is 1. The van der Waals surface area contributed by atoms with Gasteiger partial charge in [-0.1, -0.05) is 68.0 Å². The molecule has 1 aromatic heterocycles. The van der Waals surface area contributed by atoms with E-state index in [1.165, 1.54) is 22.5 Å². The minimum absolute atomic E-state index is 0.103. The summed E-state index contributed by atoms with van der Waals surface area (Å²) in [6.07, 6.45) is 5.20. The van der Waals surface area contributed by atoms with E-state index < -0.39 is 0 Å². The Bertz CT molecular complexity index is 741. The van der Waals surface area contributed by atoms with Crippen LogP contribution < -0.4 is 5.32 Å². The van der Waals surface area contributed by atoms with E-state index >= 15 is 0 Å². The van der Waals surface area contributed by atoms with Crippen LogP contribution in [-0.2, 0) is 0 Å². The quantitative estimate of drug-likeness (QED) is 0.840. The Morgan fingerprint density at radius 3 is 2.80 bits per heavy atom. The number of hydrogen-bond acceptors (Lipinski definition) is 4. The van der Waals surface area contributed by atoms with Crippen LogP contribution in [0.5, 0.6) is 0 Å². The first-order chi connectivity index (χ1) is 12.2. The fraction of sp³-hybridized carbons (Fsp3) is 0.421. The summed E-state index contributed by atoms with van der Waals surface area (Å²) in [4.78, 5) is 14.2.